The van der Waals surface area contributed by atoms with Crippen molar-refractivity contribution in [2.45, 2.75) is 13.0 Å². The number of para-hydroxylation sites is 1. The first-order chi connectivity index (χ1) is 10.1. The standard InChI is InChI=1S/C16H16N4O/c1-11(16(21)19-14-7-4-6-13(17)9-14)20-15-8-3-2-5-12(15)10-18-20/h2-11H,17H2,1H3,(H,19,21). The van der Waals surface area contributed by atoms with Crippen LogP contribution in [0.4, 0.5) is 11.4 Å². The molecule has 5 nitrogen and oxygen atoms in total. The number of rotatable bonds is 3. The number of benzene rings is 2. The number of amides is 1. The SMILES string of the molecule is CC(C(=O)Nc1cccc(N)c1)n1ncc2ccccc21. The number of aromatic nitrogens is 2. The van der Waals surface area contributed by atoms with Crippen LogP contribution in [0.15, 0.2) is 54.7 Å². The van der Waals surface area contributed by atoms with Crippen LogP contribution in [-0.2, 0) is 4.79 Å². The number of hydrogen-bond donors (Lipinski definition) is 2. The summed E-state index contributed by atoms with van der Waals surface area (Å²) in [7, 11) is 0. The van der Waals surface area contributed by atoms with Gasteiger partial charge in [0.25, 0.3) is 0 Å². The van der Waals surface area contributed by atoms with Gasteiger partial charge in [0.1, 0.15) is 6.04 Å². The van der Waals surface area contributed by atoms with Crippen LogP contribution in [0, 0.1) is 0 Å². The number of carbonyl (C=O) groups is 1. The van der Waals surface area contributed by atoms with Crippen molar-refractivity contribution in [3.05, 3.63) is 54.7 Å². The van der Waals surface area contributed by atoms with Crippen LogP contribution in [0.5, 0.6) is 0 Å². The molecule has 2 aromatic carbocycles. The van der Waals surface area contributed by atoms with Crippen LogP contribution in [0.2, 0.25) is 0 Å². The average molecular weight is 280 g/mol. The predicted octanol–water partition coefficient (Wildman–Crippen LogP) is 2.82. The summed E-state index contributed by atoms with van der Waals surface area (Å²) >= 11 is 0. The molecule has 0 aliphatic rings. The largest absolute Gasteiger partial charge is 0.399 e. The fraction of sp³-hybridized carbons (Fsp3) is 0.125. The van der Waals surface area contributed by atoms with E-state index in [1.54, 1.807) is 29.1 Å². The van der Waals surface area contributed by atoms with Crippen molar-refractivity contribution < 1.29 is 4.79 Å². The highest BCUT2D eigenvalue weighted by atomic mass is 16.2. The summed E-state index contributed by atoms with van der Waals surface area (Å²) in [5.74, 6) is -0.130. The highest BCUT2D eigenvalue weighted by Gasteiger charge is 2.17. The van der Waals surface area contributed by atoms with Crippen LogP contribution >= 0.6 is 0 Å². The second-order valence-electron chi connectivity index (χ2n) is 4.94. The Morgan fingerprint density at radius 1 is 1.24 bits per heavy atom. The number of anilines is 2. The molecule has 3 N–H and O–H groups in total. The molecule has 1 unspecified atom stereocenters. The monoisotopic (exact) mass is 280 g/mol. The van der Waals surface area contributed by atoms with Gasteiger partial charge in [0, 0.05) is 16.8 Å². The van der Waals surface area contributed by atoms with Gasteiger partial charge in [-0.15, -0.1) is 0 Å². The number of nitrogens with one attached hydrogen (secondary N) is 1. The Hall–Kier alpha value is -2.82. The van der Waals surface area contributed by atoms with Gasteiger partial charge in [0.05, 0.1) is 11.7 Å². The molecular formula is C16H16N4O. The smallest absolute Gasteiger partial charge is 0.248 e. The predicted molar refractivity (Wildman–Crippen MR) is 83.9 cm³/mol. The van der Waals surface area contributed by atoms with Gasteiger partial charge in [0.2, 0.25) is 5.91 Å². The highest BCUT2D eigenvalue weighted by molar-refractivity contribution is 5.94. The third-order valence-electron chi connectivity index (χ3n) is 3.41. The third-order valence-corrected chi connectivity index (χ3v) is 3.41. The van der Waals surface area contributed by atoms with Gasteiger partial charge in [-0.2, -0.15) is 5.10 Å². The zero-order chi connectivity index (χ0) is 14.8. The van der Waals surface area contributed by atoms with Gasteiger partial charge in [-0.1, -0.05) is 24.3 Å². The summed E-state index contributed by atoms with van der Waals surface area (Å²) in [6, 6.07) is 14.5. The Morgan fingerprint density at radius 3 is 2.86 bits per heavy atom. The first-order valence-electron chi connectivity index (χ1n) is 6.74. The van der Waals surface area contributed by atoms with Crippen molar-refractivity contribution in [1.82, 2.24) is 9.78 Å². The van der Waals surface area contributed by atoms with E-state index in [4.69, 9.17) is 5.73 Å². The van der Waals surface area contributed by atoms with E-state index in [1.165, 1.54) is 0 Å². The van der Waals surface area contributed by atoms with E-state index in [9.17, 15) is 4.79 Å². The van der Waals surface area contributed by atoms with E-state index >= 15 is 0 Å². The fourth-order valence-electron chi connectivity index (χ4n) is 2.27. The van der Waals surface area contributed by atoms with E-state index in [2.05, 4.69) is 10.4 Å². The molecule has 5 heteroatoms. The molecule has 0 saturated carbocycles. The molecule has 1 atom stereocenters. The molecule has 3 rings (SSSR count). The average Bonchev–Trinajstić information content (AvgIpc) is 2.90. The number of nitrogen functional groups attached to an aromatic ring is 1. The van der Waals surface area contributed by atoms with Crippen molar-refractivity contribution >= 4 is 28.2 Å². The molecule has 1 amide bonds. The van der Waals surface area contributed by atoms with Crippen molar-refractivity contribution in [1.29, 1.82) is 0 Å². The molecule has 1 heterocycles. The number of carbonyl (C=O) groups excluding carboxylic acids is 1. The van der Waals surface area contributed by atoms with E-state index in [-0.39, 0.29) is 5.91 Å². The van der Waals surface area contributed by atoms with E-state index < -0.39 is 6.04 Å². The Bertz CT molecular complexity index is 794. The Kier molecular flexibility index (Phi) is 3.31. The van der Waals surface area contributed by atoms with Gasteiger partial charge in [-0.3, -0.25) is 9.48 Å². The second kappa shape index (κ2) is 5.28. The number of nitrogens with two attached hydrogens (primary N) is 1. The van der Waals surface area contributed by atoms with Gasteiger partial charge < -0.3 is 11.1 Å². The second-order valence-corrected chi connectivity index (χ2v) is 4.94. The van der Waals surface area contributed by atoms with Gasteiger partial charge in [0.15, 0.2) is 0 Å². The molecule has 0 saturated heterocycles. The lowest BCUT2D eigenvalue weighted by atomic mass is 10.2. The maximum Gasteiger partial charge on any atom is 0.248 e. The van der Waals surface area contributed by atoms with Crippen LogP contribution in [0.1, 0.15) is 13.0 Å². The Morgan fingerprint density at radius 2 is 2.05 bits per heavy atom. The lowest BCUT2D eigenvalue weighted by Gasteiger charge is -2.14. The molecule has 0 aliphatic heterocycles. The molecule has 0 radical (unpaired) electrons. The lowest BCUT2D eigenvalue weighted by molar-refractivity contribution is -0.118. The zero-order valence-electron chi connectivity index (χ0n) is 11.7. The minimum Gasteiger partial charge on any atom is -0.399 e. The highest BCUT2D eigenvalue weighted by Crippen LogP contribution is 2.19. The van der Waals surface area contributed by atoms with Gasteiger partial charge in [-0.05, 0) is 31.2 Å². The molecule has 3 aromatic rings. The Balaban J connectivity index is 1.84. The number of fused-ring (bicyclic) bond motifs is 1. The van der Waals surface area contributed by atoms with Crippen molar-refractivity contribution in [2.24, 2.45) is 0 Å². The van der Waals surface area contributed by atoms with Gasteiger partial charge >= 0.3 is 0 Å². The first-order valence-corrected chi connectivity index (χ1v) is 6.74. The lowest BCUT2D eigenvalue weighted by Crippen LogP contribution is -2.24. The molecular weight excluding hydrogens is 264 g/mol. The van der Waals surface area contributed by atoms with Crippen molar-refractivity contribution in [2.75, 3.05) is 11.1 Å². The minimum atomic E-state index is -0.411. The third kappa shape index (κ3) is 2.58. The maximum atomic E-state index is 12.4. The molecule has 21 heavy (non-hydrogen) atoms. The van der Waals surface area contributed by atoms with E-state index in [0.717, 1.165) is 10.9 Å². The van der Waals surface area contributed by atoms with Crippen molar-refractivity contribution in [3.8, 4) is 0 Å². The van der Waals surface area contributed by atoms with E-state index in [0.29, 0.717) is 11.4 Å². The molecule has 0 bridgehead atoms. The fourth-order valence-corrected chi connectivity index (χ4v) is 2.27. The van der Waals surface area contributed by atoms with E-state index in [1.807, 2.05) is 37.3 Å². The Labute approximate surface area is 122 Å². The maximum absolute atomic E-state index is 12.4. The van der Waals surface area contributed by atoms with Crippen molar-refractivity contribution in [3.63, 3.8) is 0 Å². The summed E-state index contributed by atoms with van der Waals surface area (Å²) in [5, 5.41) is 8.18. The molecule has 1 aromatic heterocycles. The quantitative estimate of drug-likeness (QED) is 0.724. The summed E-state index contributed by atoms with van der Waals surface area (Å²) in [6.45, 7) is 1.82. The molecule has 106 valence electrons. The zero-order valence-corrected chi connectivity index (χ0v) is 11.7. The minimum absolute atomic E-state index is 0.130. The summed E-state index contributed by atoms with van der Waals surface area (Å²) in [6.07, 6.45) is 1.76. The summed E-state index contributed by atoms with van der Waals surface area (Å²) < 4.78 is 1.72. The van der Waals surface area contributed by atoms with Crippen LogP contribution < -0.4 is 11.1 Å². The molecule has 0 aliphatic carbocycles. The summed E-state index contributed by atoms with van der Waals surface area (Å²) in [5.41, 5.74) is 7.95. The summed E-state index contributed by atoms with van der Waals surface area (Å²) in [4.78, 5) is 12.4. The van der Waals surface area contributed by atoms with Crippen LogP contribution in [0.25, 0.3) is 10.9 Å². The van der Waals surface area contributed by atoms with Crippen LogP contribution in [0.3, 0.4) is 0 Å². The van der Waals surface area contributed by atoms with Gasteiger partial charge in [-0.25, -0.2) is 0 Å². The number of nitrogens with zero attached hydrogens (tertiary/aromatic N) is 2. The molecule has 0 fully saturated rings. The van der Waals surface area contributed by atoms with Crippen LogP contribution in [-0.4, -0.2) is 15.7 Å². The topological polar surface area (TPSA) is 72.9 Å². The molecule has 0 spiro atoms. The normalized spacial score (nSPS) is 12.2. The number of hydrogen-bond acceptors (Lipinski definition) is 3. The first kappa shape index (κ1) is 13.2.